The summed E-state index contributed by atoms with van der Waals surface area (Å²) in [6.45, 7) is 0.182. The van der Waals surface area contributed by atoms with Gasteiger partial charge in [-0.2, -0.15) is 0 Å². The number of aliphatic hydroxyl groups excluding tert-OH is 1. The number of anilines is 1. The van der Waals surface area contributed by atoms with Crippen molar-refractivity contribution in [1.29, 1.82) is 0 Å². The number of nitrogens with one attached hydrogen (secondary N) is 2. The average Bonchev–Trinajstić information content (AvgIpc) is 3.26. The van der Waals surface area contributed by atoms with Crippen LogP contribution < -0.4 is 15.4 Å². The Morgan fingerprint density at radius 1 is 1.03 bits per heavy atom. The molecule has 0 unspecified atom stereocenters. The van der Waals surface area contributed by atoms with E-state index in [4.69, 9.17) is 9.47 Å². The van der Waals surface area contributed by atoms with Gasteiger partial charge in [0.2, 0.25) is 11.8 Å². The van der Waals surface area contributed by atoms with Crippen molar-refractivity contribution in [2.24, 2.45) is 0 Å². The highest BCUT2D eigenvalue weighted by Gasteiger charge is 2.46. The van der Waals surface area contributed by atoms with Gasteiger partial charge in [-0.05, 0) is 53.9 Å². The summed E-state index contributed by atoms with van der Waals surface area (Å²) in [5, 5.41) is 15.8. The molecule has 2 amide bonds. The third-order valence-corrected chi connectivity index (χ3v) is 6.52. The SMILES string of the molecule is O=C(C[C@@H]1C[C@@H]2c3cc(NC(=O)Cc4ccncc4)ccc3O[C@@H]2[C@@H](CO)O1)NCc1cccnc1. The quantitative estimate of drug-likeness (QED) is 0.445. The molecule has 0 bridgehead atoms. The summed E-state index contributed by atoms with van der Waals surface area (Å²) in [6.07, 6.45) is 6.47. The van der Waals surface area contributed by atoms with E-state index in [0.29, 0.717) is 24.4 Å². The van der Waals surface area contributed by atoms with E-state index in [-0.39, 0.29) is 49.4 Å². The van der Waals surface area contributed by atoms with Gasteiger partial charge in [-0.1, -0.05) is 6.07 Å². The fourth-order valence-electron chi connectivity index (χ4n) is 4.84. The summed E-state index contributed by atoms with van der Waals surface area (Å²) in [5.41, 5.74) is 3.42. The number of hydrogen-bond acceptors (Lipinski definition) is 7. The van der Waals surface area contributed by atoms with Crippen LogP contribution in [-0.2, 0) is 27.3 Å². The molecule has 3 N–H and O–H groups in total. The zero-order valence-corrected chi connectivity index (χ0v) is 19.7. The first kappa shape index (κ1) is 23.9. The highest BCUT2D eigenvalue weighted by atomic mass is 16.6. The Morgan fingerprint density at radius 2 is 1.89 bits per heavy atom. The van der Waals surface area contributed by atoms with Gasteiger partial charge in [0.1, 0.15) is 18.0 Å². The van der Waals surface area contributed by atoms with Crippen molar-refractivity contribution in [3.63, 3.8) is 0 Å². The van der Waals surface area contributed by atoms with Crippen molar-refractivity contribution >= 4 is 17.5 Å². The Morgan fingerprint density at radius 3 is 2.67 bits per heavy atom. The number of benzene rings is 1. The Kier molecular flexibility index (Phi) is 7.20. The molecule has 4 atom stereocenters. The minimum Gasteiger partial charge on any atom is -0.487 e. The fraction of sp³-hybridized carbons (Fsp3) is 0.333. The number of pyridine rings is 2. The molecule has 0 saturated carbocycles. The first-order valence-electron chi connectivity index (χ1n) is 12.0. The third-order valence-electron chi connectivity index (χ3n) is 6.52. The highest BCUT2D eigenvalue weighted by Crippen LogP contribution is 2.47. The van der Waals surface area contributed by atoms with Crippen LogP contribution in [0.3, 0.4) is 0 Å². The smallest absolute Gasteiger partial charge is 0.228 e. The van der Waals surface area contributed by atoms with E-state index in [9.17, 15) is 14.7 Å². The summed E-state index contributed by atoms with van der Waals surface area (Å²) in [4.78, 5) is 33.2. The van der Waals surface area contributed by atoms with Gasteiger partial charge in [0.15, 0.2) is 0 Å². The summed E-state index contributed by atoms with van der Waals surface area (Å²) in [5.74, 6) is 0.398. The molecule has 0 aliphatic carbocycles. The summed E-state index contributed by atoms with van der Waals surface area (Å²) in [6, 6.07) is 12.9. The van der Waals surface area contributed by atoms with Gasteiger partial charge in [-0.15, -0.1) is 0 Å². The highest BCUT2D eigenvalue weighted by molar-refractivity contribution is 5.92. The number of aromatic nitrogens is 2. The second-order valence-corrected chi connectivity index (χ2v) is 9.08. The Bertz CT molecular complexity index is 1210. The van der Waals surface area contributed by atoms with Crippen LogP contribution in [0.2, 0.25) is 0 Å². The van der Waals surface area contributed by atoms with Crippen molar-refractivity contribution < 1.29 is 24.2 Å². The van der Waals surface area contributed by atoms with Crippen molar-refractivity contribution in [3.05, 3.63) is 83.9 Å². The monoisotopic (exact) mass is 488 g/mol. The molecule has 3 aromatic rings. The fourth-order valence-corrected chi connectivity index (χ4v) is 4.84. The number of nitrogens with zero attached hydrogens (tertiary/aromatic N) is 2. The van der Waals surface area contributed by atoms with Crippen LogP contribution in [-0.4, -0.2) is 51.8 Å². The van der Waals surface area contributed by atoms with E-state index in [1.54, 1.807) is 30.9 Å². The summed E-state index contributed by atoms with van der Waals surface area (Å²) < 4.78 is 12.2. The van der Waals surface area contributed by atoms with E-state index in [2.05, 4.69) is 20.6 Å². The normalized spacial score (nSPS) is 22.1. The Hall–Kier alpha value is -3.82. The zero-order valence-electron chi connectivity index (χ0n) is 19.7. The molecule has 4 heterocycles. The topological polar surface area (TPSA) is 123 Å². The zero-order chi connectivity index (χ0) is 24.9. The molecule has 2 aliphatic rings. The van der Waals surface area contributed by atoms with Crippen LogP contribution in [0.5, 0.6) is 5.75 Å². The molecule has 1 saturated heterocycles. The lowest BCUT2D eigenvalue weighted by Gasteiger charge is -2.37. The maximum atomic E-state index is 12.6. The van der Waals surface area contributed by atoms with Crippen LogP contribution in [0, 0.1) is 0 Å². The Balaban J connectivity index is 1.24. The number of rotatable bonds is 8. The van der Waals surface area contributed by atoms with Gasteiger partial charge < -0.3 is 25.2 Å². The lowest BCUT2D eigenvalue weighted by molar-refractivity contribution is -0.142. The van der Waals surface area contributed by atoms with Crippen LogP contribution >= 0.6 is 0 Å². The molecular formula is C27H28N4O5. The number of amides is 2. The number of carbonyl (C=O) groups excluding carboxylic acids is 2. The van der Waals surface area contributed by atoms with E-state index in [1.807, 2.05) is 36.4 Å². The van der Waals surface area contributed by atoms with Gasteiger partial charge in [0.05, 0.1) is 25.6 Å². The predicted octanol–water partition coefficient (Wildman–Crippen LogP) is 2.36. The van der Waals surface area contributed by atoms with E-state index >= 15 is 0 Å². The molecule has 9 heteroatoms. The van der Waals surface area contributed by atoms with E-state index < -0.39 is 6.10 Å². The Labute approximate surface area is 208 Å². The first-order valence-corrected chi connectivity index (χ1v) is 12.0. The van der Waals surface area contributed by atoms with E-state index in [0.717, 1.165) is 16.7 Å². The molecule has 5 rings (SSSR count). The molecular weight excluding hydrogens is 460 g/mol. The van der Waals surface area contributed by atoms with Gasteiger partial charge in [0, 0.05) is 48.5 Å². The standard InChI is InChI=1S/C27H28N4O5/c32-16-24-27-22(12-20(35-24)13-25(33)30-15-18-2-1-7-29-14-18)21-11-19(3-4-23(21)36-27)31-26(34)10-17-5-8-28-9-6-17/h1-9,11,14,20,22,24,27,32H,10,12-13,15-16H2,(H,30,33)(H,31,34)/t20-,22+,24+,27-/m0/s1. The van der Waals surface area contributed by atoms with Gasteiger partial charge >= 0.3 is 0 Å². The van der Waals surface area contributed by atoms with Crippen LogP contribution in [0.15, 0.2) is 67.3 Å². The summed E-state index contributed by atoms with van der Waals surface area (Å²) in [7, 11) is 0. The molecule has 1 fully saturated rings. The number of aliphatic hydroxyl groups is 1. The molecule has 0 spiro atoms. The second-order valence-electron chi connectivity index (χ2n) is 9.08. The lowest BCUT2D eigenvalue weighted by atomic mass is 9.84. The second kappa shape index (κ2) is 10.8. The van der Waals surface area contributed by atoms with Gasteiger partial charge in [-0.3, -0.25) is 19.6 Å². The predicted molar refractivity (Wildman–Crippen MR) is 131 cm³/mol. The molecule has 9 nitrogen and oxygen atoms in total. The minimum atomic E-state index is -0.544. The minimum absolute atomic E-state index is 0.0564. The van der Waals surface area contributed by atoms with Crippen LogP contribution in [0.25, 0.3) is 0 Å². The molecule has 2 aliphatic heterocycles. The molecule has 36 heavy (non-hydrogen) atoms. The molecule has 1 aromatic carbocycles. The van der Waals surface area contributed by atoms with Crippen molar-refractivity contribution in [1.82, 2.24) is 15.3 Å². The number of ether oxygens (including phenoxy) is 2. The van der Waals surface area contributed by atoms with Crippen molar-refractivity contribution in [2.75, 3.05) is 11.9 Å². The number of carbonyl (C=O) groups is 2. The lowest BCUT2D eigenvalue weighted by Crippen LogP contribution is -2.47. The van der Waals surface area contributed by atoms with Crippen molar-refractivity contribution in [3.8, 4) is 5.75 Å². The molecule has 186 valence electrons. The third kappa shape index (κ3) is 5.53. The molecule has 0 radical (unpaired) electrons. The largest absolute Gasteiger partial charge is 0.487 e. The van der Waals surface area contributed by atoms with Crippen molar-refractivity contribution in [2.45, 2.75) is 50.0 Å². The number of hydrogen-bond donors (Lipinski definition) is 3. The summed E-state index contributed by atoms with van der Waals surface area (Å²) >= 11 is 0. The van der Waals surface area contributed by atoms with Crippen LogP contribution in [0.1, 0.15) is 35.4 Å². The van der Waals surface area contributed by atoms with Gasteiger partial charge in [0.25, 0.3) is 0 Å². The van der Waals surface area contributed by atoms with E-state index in [1.165, 1.54) is 0 Å². The average molecular weight is 489 g/mol. The van der Waals surface area contributed by atoms with Crippen LogP contribution in [0.4, 0.5) is 5.69 Å². The first-order chi connectivity index (χ1) is 17.6. The molecule has 2 aromatic heterocycles. The van der Waals surface area contributed by atoms with Gasteiger partial charge in [-0.25, -0.2) is 0 Å². The maximum absolute atomic E-state index is 12.6. The maximum Gasteiger partial charge on any atom is 0.228 e. The number of fused-ring (bicyclic) bond motifs is 3.